The first-order chi connectivity index (χ1) is 7.74. The van der Waals surface area contributed by atoms with Gasteiger partial charge in [-0.1, -0.05) is 11.6 Å². The van der Waals surface area contributed by atoms with Gasteiger partial charge in [-0.2, -0.15) is 0 Å². The van der Waals surface area contributed by atoms with Crippen molar-refractivity contribution in [2.75, 3.05) is 25.1 Å². The van der Waals surface area contributed by atoms with E-state index in [0.717, 1.165) is 36.8 Å². The number of benzene rings is 1. The number of nitrogens with two attached hydrogens (primary N) is 1. The molecule has 1 fully saturated rings. The highest BCUT2D eigenvalue weighted by atomic mass is 35.5. The summed E-state index contributed by atoms with van der Waals surface area (Å²) < 4.78 is 5.37. The summed E-state index contributed by atoms with van der Waals surface area (Å²) in [6, 6.07) is 7.73. The second-order valence-corrected chi connectivity index (χ2v) is 4.67. The maximum atomic E-state index is 5.87. The molecule has 0 unspecified atom stereocenters. The second-order valence-electron chi connectivity index (χ2n) is 4.23. The minimum Gasteiger partial charge on any atom is -0.381 e. The molecule has 1 heterocycles. The lowest BCUT2D eigenvalue weighted by Crippen LogP contribution is -2.49. The molecule has 1 saturated heterocycles. The van der Waals surface area contributed by atoms with Gasteiger partial charge in [0.25, 0.3) is 0 Å². The maximum absolute atomic E-state index is 5.87. The fourth-order valence-corrected chi connectivity index (χ4v) is 2.11. The Morgan fingerprint density at radius 2 is 1.88 bits per heavy atom. The number of rotatable bonds is 3. The van der Waals surface area contributed by atoms with Crippen LogP contribution in [0.2, 0.25) is 5.02 Å². The number of hydrogen-bond acceptors (Lipinski definition) is 3. The standard InChI is InChI=1S/C12H17ClN2O/c13-10-1-3-11(4-2-10)15-12(9-14)5-7-16-8-6-12/h1-4,15H,5-9,14H2. The fraction of sp³-hybridized carbons (Fsp3) is 0.500. The van der Waals surface area contributed by atoms with Gasteiger partial charge in [0.15, 0.2) is 0 Å². The van der Waals surface area contributed by atoms with Gasteiger partial charge in [-0.3, -0.25) is 0 Å². The average molecular weight is 241 g/mol. The molecule has 0 atom stereocenters. The van der Waals surface area contributed by atoms with E-state index in [4.69, 9.17) is 22.1 Å². The van der Waals surface area contributed by atoms with E-state index in [1.165, 1.54) is 0 Å². The van der Waals surface area contributed by atoms with Crippen LogP contribution >= 0.6 is 11.6 Å². The molecule has 88 valence electrons. The lowest BCUT2D eigenvalue weighted by atomic mass is 9.90. The summed E-state index contributed by atoms with van der Waals surface area (Å²) in [5.41, 5.74) is 6.92. The molecular formula is C12H17ClN2O. The van der Waals surface area contributed by atoms with E-state index in [1.54, 1.807) is 0 Å². The van der Waals surface area contributed by atoms with Gasteiger partial charge in [-0.15, -0.1) is 0 Å². The SMILES string of the molecule is NCC1(Nc2ccc(Cl)cc2)CCOCC1. The number of ether oxygens (including phenoxy) is 1. The molecule has 2 rings (SSSR count). The van der Waals surface area contributed by atoms with Crippen LogP contribution < -0.4 is 11.1 Å². The van der Waals surface area contributed by atoms with Crippen LogP contribution in [-0.2, 0) is 4.74 Å². The lowest BCUT2D eigenvalue weighted by Gasteiger charge is -2.37. The zero-order chi connectivity index (χ0) is 11.4. The highest BCUT2D eigenvalue weighted by Crippen LogP contribution is 2.25. The molecule has 0 aliphatic carbocycles. The van der Waals surface area contributed by atoms with Gasteiger partial charge < -0.3 is 15.8 Å². The summed E-state index contributed by atoms with van der Waals surface area (Å²) in [6.45, 7) is 2.18. The van der Waals surface area contributed by atoms with E-state index < -0.39 is 0 Å². The van der Waals surface area contributed by atoms with Crippen LogP contribution in [0.4, 0.5) is 5.69 Å². The van der Waals surface area contributed by atoms with Crippen LogP contribution in [0.5, 0.6) is 0 Å². The van der Waals surface area contributed by atoms with Crippen LogP contribution in [0.15, 0.2) is 24.3 Å². The third-order valence-electron chi connectivity index (χ3n) is 3.09. The smallest absolute Gasteiger partial charge is 0.0539 e. The van der Waals surface area contributed by atoms with Crippen molar-refractivity contribution in [3.63, 3.8) is 0 Å². The van der Waals surface area contributed by atoms with Crippen LogP contribution in [0.25, 0.3) is 0 Å². The molecule has 0 bridgehead atoms. The second kappa shape index (κ2) is 5.04. The van der Waals surface area contributed by atoms with E-state index in [1.807, 2.05) is 24.3 Å². The van der Waals surface area contributed by atoms with Gasteiger partial charge in [0.1, 0.15) is 0 Å². The Morgan fingerprint density at radius 3 is 2.44 bits per heavy atom. The summed E-state index contributed by atoms with van der Waals surface area (Å²) in [6.07, 6.45) is 1.90. The number of anilines is 1. The molecule has 1 aromatic carbocycles. The zero-order valence-corrected chi connectivity index (χ0v) is 9.96. The third-order valence-corrected chi connectivity index (χ3v) is 3.35. The molecular weight excluding hydrogens is 224 g/mol. The van der Waals surface area contributed by atoms with Crippen LogP contribution in [-0.4, -0.2) is 25.3 Å². The van der Waals surface area contributed by atoms with E-state index in [-0.39, 0.29) is 5.54 Å². The predicted octanol–water partition coefficient (Wildman–Crippen LogP) is 2.26. The Balaban J connectivity index is 2.08. The molecule has 0 amide bonds. The van der Waals surface area contributed by atoms with Crippen molar-refractivity contribution >= 4 is 17.3 Å². The minimum absolute atomic E-state index is 0.0217. The van der Waals surface area contributed by atoms with Gasteiger partial charge in [0.05, 0.1) is 5.54 Å². The molecule has 1 aromatic rings. The van der Waals surface area contributed by atoms with Crippen molar-refractivity contribution in [3.05, 3.63) is 29.3 Å². The zero-order valence-electron chi connectivity index (χ0n) is 9.21. The first-order valence-electron chi connectivity index (χ1n) is 5.56. The molecule has 0 radical (unpaired) electrons. The molecule has 3 nitrogen and oxygen atoms in total. The quantitative estimate of drug-likeness (QED) is 0.852. The minimum atomic E-state index is -0.0217. The number of hydrogen-bond donors (Lipinski definition) is 2. The first kappa shape index (κ1) is 11.7. The molecule has 16 heavy (non-hydrogen) atoms. The van der Waals surface area contributed by atoms with Crippen molar-refractivity contribution in [2.24, 2.45) is 5.73 Å². The normalized spacial score (nSPS) is 19.4. The lowest BCUT2D eigenvalue weighted by molar-refractivity contribution is 0.0628. The van der Waals surface area contributed by atoms with Crippen molar-refractivity contribution in [1.82, 2.24) is 0 Å². The van der Waals surface area contributed by atoms with Crippen molar-refractivity contribution < 1.29 is 4.74 Å². The van der Waals surface area contributed by atoms with Crippen LogP contribution in [0.3, 0.4) is 0 Å². The van der Waals surface area contributed by atoms with Gasteiger partial charge in [0.2, 0.25) is 0 Å². The number of nitrogens with one attached hydrogen (secondary N) is 1. The summed E-state index contributed by atoms with van der Waals surface area (Å²) >= 11 is 5.85. The van der Waals surface area contributed by atoms with Crippen molar-refractivity contribution in [2.45, 2.75) is 18.4 Å². The van der Waals surface area contributed by atoms with Gasteiger partial charge in [-0.05, 0) is 37.1 Å². The average Bonchev–Trinajstić information content (AvgIpc) is 2.33. The van der Waals surface area contributed by atoms with Gasteiger partial charge >= 0.3 is 0 Å². The molecule has 1 aliphatic rings. The predicted molar refractivity (Wildman–Crippen MR) is 66.9 cm³/mol. The summed E-state index contributed by atoms with van der Waals surface area (Å²) in [7, 11) is 0. The summed E-state index contributed by atoms with van der Waals surface area (Å²) in [5.74, 6) is 0. The van der Waals surface area contributed by atoms with Crippen LogP contribution in [0, 0.1) is 0 Å². The van der Waals surface area contributed by atoms with Crippen molar-refractivity contribution in [1.29, 1.82) is 0 Å². The largest absolute Gasteiger partial charge is 0.381 e. The van der Waals surface area contributed by atoms with E-state index >= 15 is 0 Å². The number of halogens is 1. The molecule has 0 spiro atoms. The Kier molecular flexibility index (Phi) is 3.69. The molecule has 0 saturated carbocycles. The van der Waals surface area contributed by atoms with Gasteiger partial charge in [0, 0.05) is 30.5 Å². The molecule has 0 aromatic heterocycles. The Morgan fingerprint density at radius 1 is 1.25 bits per heavy atom. The molecule has 3 N–H and O–H groups in total. The van der Waals surface area contributed by atoms with E-state index in [0.29, 0.717) is 6.54 Å². The monoisotopic (exact) mass is 240 g/mol. The van der Waals surface area contributed by atoms with Gasteiger partial charge in [-0.25, -0.2) is 0 Å². The third kappa shape index (κ3) is 2.67. The molecule has 1 aliphatic heterocycles. The molecule has 4 heteroatoms. The fourth-order valence-electron chi connectivity index (χ4n) is 1.98. The summed E-state index contributed by atoms with van der Waals surface area (Å²) in [4.78, 5) is 0. The summed E-state index contributed by atoms with van der Waals surface area (Å²) in [5, 5.41) is 4.26. The Labute approximate surface area is 101 Å². The maximum Gasteiger partial charge on any atom is 0.0539 e. The van der Waals surface area contributed by atoms with Crippen molar-refractivity contribution in [3.8, 4) is 0 Å². The Bertz CT molecular complexity index is 333. The topological polar surface area (TPSA) is 47.3 Å². The highest BCUT2D eigenvalue weighted by molar-refractivity contribution is 6.30. The first-order valence-corrected chi connectivity index (χ1v) is 5.93. The Hall–Kier alpha value is -0.770. The van der Waals surface area contributed by atoms with Crippen LogP contribution in [0.1, 0.15) is 12.8 Å². The van der Waals surface area contributed by atoms with E-state index in [2.05, 4.69) is 5.32 Å². The highest BCUT2D eigenvalue weighted by Gasteiger charge is 2.30. The van der Waals surface area contributed by atoms with E-state index in [9.17, 15) is 0 Å².